The van der Waals surface area contributed by atoms with E-state index in [2.05, 4.69) is 70.2 Å². The Labute approximate surface area is 125 Å². The van der Waals surface area contributed by atoms with Crippen LogP contribution in [0.5, 0.6) is 0 Å². The maximum absolute atomic E-state index is 4.29. The van der Waals surface area contributed by atoms with E-state index in [0.717, 1.165) is 18.7 Å². The summed E-state index contributed by atoms with van der Waals surface area (Å²) >= 11 is 0. The van der Waals surface area contributed by atoms with Gasteiger partial charge >= 0.3 is 0 Å². The van der Waals surface area contributed by atoms with Gasteiger partial charge in [-0.1, -0.05) is 60.7 Å². The summed E-state index contributed by atoms with van der Waals surface area (Å²) in [4.78, 5) is 0. The summed E-state index contributed by atoms with van der Waals surface area (Å²) < 4.78 is 2.16. The molecular formula is C18H19N3. The molecule has 106 valence electrons. The first-order valence-corrected chi connectivity index (χ1v) is 7.32. The van der Waals surface area contributed by atoms with Gasteiger partial charge < -0.3 is 4.57 Å². The minimum absolute atomic E-state index is 0.256. The van der Waals surface area contributed by atoms with Crippen molar-refractivity contribution < 1.29 is 0 Å². The average molecular weight is 277 g/mol. The van der Waals surface area contributed by atoms with Gasteiger partial charge in [0.15, 0.2) is 0 Å². The molecule has 0 amide bonds. The van der Waals surface area contributed by atoms with Gasteiger partial charge in [0.1, 0.15) is 12.2 Å². The molecule has 3 heteroatoms. The Morgan fingerprint density at radius 2 is 1.57 bits per heavy atom. The van der Waals surface area contributed by atoms with Crippen LogP contribution in [0.15, 0.2) is 67.0 Å². The lowest BCUT2D eigenvalue weighted by Crippen LogP contribution is -2.10. The number of nitrogens with zero attached hydrogens (tertiary/aromatic N) is 3. The molecule has 21 heavy (non-hydrogen) atoms. The number of rotatable bonds is 5. The maximum Gasteiger partial charge on any atom is 0.133 e. The highest BCUT2D eigenvalue weighted by molar-refractivity contribution is 5.20. The highest BCUT2D eigenvalue weighted by atomic mass is 15.3. The van der Waals surface area contributed by atoms with Crippen LogP contribution < -0.4 is 0 Å². The third-order valence-corrected chi connectivity index (χ3v) is 3.83. The summed E-state index contributed by atoms with van der Waals surface area (Å²) in [5, 5.41) is 8.38. The second-order valence-corrected chi connectivity index (χ2v) is 5.23. The van der Waals surface area contributed by atoms with Crippen molar-refractivity contribution in [2.45, 2.75) is 25.8 Å². The third-order valence-electron chi connectivity index (χ3n) is 3.83. The maximum atomic E-state index is 4.29. The molecular weight excluding hydrogens is 258 g/mol. The lowest BCUT2D eigenvalue weighted by molar-refractivity contribution is 0.598. The van der Waals surface area contributed by atoms with Crippen molar-refractivity contribution in [1.82, 2.24) is 14.8 Å². The van der Waals surface area contributed by atoms with Crippen LogP contribution in [0.4, 0.5) is 0 Å². The molecule has 2 aromatic carbocycles. The Balaban J connectivity index is 1.75. The van der Waals surface area contributed by atoms with E-state index in [1.54, 1.807) is 0 Å². The molecule has 1 atom stereocenters. The van der Waals surface area contributed by atoms with E-state index in [4.69, 9.17) is 0 Å². The Hall–Kier alpha value is -2.42. The molecule has 0 aliphatic heterocycles. The van der Waals surface area contributed by atoms with Gasteiger partial charge in [0.05, 0.1) is 6.04 Å². The molecule has 0 N–H and O–H groups in total. The van der Waals surface area contributed by atoms with E-state index in [0.29, 0.717) is 0 Å². The Morgan fingerprint density at radius 3 is 2.29 bits per heavy atom. The fourth-order valence-electron chi connectivity index (χ4n) is 2.56. The Bertz CT molecular complexity index is 674. The van der Waals surface area contributed by atoms with E-state index >= 15 is 0 Å². The van der Waals surface area contributed by atoms with Gasteiger partial charge in [-0.15, -0.1) is 10.2 Å². The summed E-state index contributed by atoms with van der Waals surface area (Å²) in [5.41, 5.74) is 2.61. The molecule has 3 aromatic rings. The first-order valence-electron chi connectivity index (χ1n) is 7.32. The second kappa shape index (κ2) is 6.35. The van der Waals surface area contributed by atoms with Crippen molar-refractivity contribution in [1.29, 1.82) is 0 Å². The van der Waals surface area contributed by atoms with Gasteiger partial charge in [0.2, 0.25) is 0 Å². The first kappa shape index (κ1) is 13.6. The summed E-state index contributed by atoms with van der Waals surface area (Å²) in [7, 11) is 0. The zero-order valence-electron chi connectivity index (χ0n) is 12.2. The van der Waals surface area contributed by atoms with E-state index in [1.807, 2.05) is 18.5 Å². The minimum Gasteiger partial charge on any atom is -0.310 e. The number of aryl methyl sites for hydroxylation is 2. The van der Waals surface area contributed by atoms with Crippen LogP contribution in [0.2, 0.25) is 0 Å². The van der Waals surface area contributed by atoms with E-state index in [-0.39, 0.29) is 6.04 Å². The van der Waals surface area contributed by atoms with Crippen LogP contribution in [0.3, 0.4) is 0 Å². The van der Waals surface area contributed by atoms with Crippen molar-refractivity contribution >= 4 is 0 Å². The Kier molecular flexibility index (Phi) is 4.10. The predicted molar refractivity (Wildman–Crippen MR) is 84.1 cm³/mol. The van der Waals surface area contributed by atoms with Crippen molar-refractivity contribution in [3.63, 3.8) is 0 Å². The van der Waals surface area contributed by atoms with Crippen LogP contribution in [-0.4, -0.2) is 14.8 Å². The fourth-order valence-corrected chi connectivity index (χ4v) is 2.56. The van der Waals surface area contributed by atoms with Crippen LogP contribution in [0, 0.1) is 0 Å². The topological polar surface area (TPSA) is 30.7 Å². The number of benzene rings is 2. The lowest BCUT2D eigenvalue weighted by atomic mass is 10.1. The van der Waals surface area contributed by atoms with Crippen molar-refractivity contribution in [2.24, 2.45) is 0 Å². The molecule has 0 spiro atoms. The van der Waals surface area contributed by atoms with Crippen LogP contribution >= 0.6 is 0 Å². The molecule has 0 unspecified atom stereocenters. The number of aromatic nitrogens is 3. The van der Waals surface area contributed by atoms with Gasteiger partial charge in [-0.3, -0.25) is 0 Å². The summed E-state index contributed by atoms with van der Waals surface area (Å²) in [6, 6.07) is 21.2. The average Bonchev–Trinajstić information content (AvgIpc) is 3.02. The van der Waals surface area contributed by atoms with Crippen LogP contribution in [0.1, 0.15) is 29.9 Å². The minimum atomic E-state index is 0.256. The lowest BCUT2D eigenvalue weighted by Gasteiger charge is -2.15. The molecule has 3 nitrogen and oxygen atoms in total. The highest BCUT2D eigenvalue weighted by Gasteiger charge is 2.12. The Morgan fingerprint density at radius 1 is 0.905 bits per heavy atom. The van der Waals surface area contributed by atoms with Crippen LogP contribution in [0.25, 0.3) is 0 Å². The second-order valence-electron chi connectivity index (χ2n) is 5.23. The highest BCUT2D eigenvalue weighted by Crippen LogP contribution is 2.19. The molecule has 1 aromatic heterocycles. The van der Waals surface area contributed by atoms with Crippen molar-refractivity contribution in [2.75, 3.05) is 0 Å². The summed E-state index contributed by atoms with van der Waals surface area (Å²) in [6.45, 7) is 2.19. The molecule has 0 aliphatic rings. The molecule has 0 fully saturated rings. The molecule has 0 aliphatic carbocycles. The normalized spacial score (nSPS) is 12.2. The van der Waals surface area contributed by atoms with Gasteiger partial charge in [-0.05, 0) is 24.5 Å². The molecule has 0 radical (unpaired) electrons. The third kappa shape index (κ3) is 3.19. The standard InChI is InChI=1S/C18H19N3/c1-15(17-10-6-3-7-11-17)21-14-19-20-18(21)13-12-16-8-4-2-5-9-16/h2-11,14-15H,12-13H2,1H3/t15-/m1/s1. The molecule has 0 bridgehead atoms. The molecule has 0 saturated carbocycles. The number of hydrogen-bond donors (Lipinski definition) is 0. The van der Waals surface area contributed by atoms with E-state index in [9.17, 15) is 0 Å². The quantitative estimate of drug-likeness (QED) is 0.712. The zero-order valence-corrected chi connectivity index (χ0v) is 12.2. The van der Waals surface area contributed by atoms with Gasteiger partial charge in [-0.2, -0.15) is 0 Å². The smallest absolute Gasteiger partial charge is 0.133 e. The van der Waals surface area contributed by atoms with Gasteiger partial charge in [0.25, 0.3) is 0 Å². The molecule has 0 saturated heterocycles. The predicted octanol–water partition coefficient (Wildman–Crippen LogP) is 3.67. The van der Waals surface area contributed by atoms with Crippen LogP contribution in [-0.2, 0) is 12.8 Å². The zero-order chi connectivity index (χ0) is 14.5. The number of hydrogen-bond acceptors (Lipinski definition) is 2. The van der Waals surface area contributed by atoms with Crippen molar-refractivity contribution in [3.05, 3.63) is 83.9 Å². The van der Waals surface area contributed by atoms with E-state index in [1.165, 1.54) is 11.1 Å². The summed E-state index contributed by atoms with van der Waals surface area (Å²) in [5.74, 6) is 1.04. The monoisotopic (exact) mass is 277 g/mol. The molecule has 1 heterocycles. The largest absolute Gasteiger partial charge is 0.310 e. The molecule has 3 rings (SSSR count). The summed E-state index contributed by atoms with van der Waals surface area (Å²) in [6.07, 6.45) is 3.72. The van der Waals surface area contributed by atoms with Gasteiger partial charge in [0, 0.05) is 6.42 Å². The van der Waals surface area contributed by atoms with Gasteiger partial charge in [-0.25, -0.2) is 0 Å². The first-order chi connectivity index (χ1) is 10.3. The van der Waals surface area contributed by atoms with E-state index < -0.39 is 0 Å². The fraction of sp³-hybridized carbons (Fsp3) is 0.222. The van der Waals surface area contributed by atoms with Crippen molar-refractivity contribution in [3.8, 4) is 0 Å². The SMILES string of the molecule is C[C@H](c1ccccc1)n1cnnc1CCc1ccccc1.